The van der Waals surface area contributed by atoms with Gasteiger partial charge in [-0.1, -0.05) is 47.5 Å². The van der Waals surface area contributed by atoms with Crippen LogP contribution >= 0.6 is 23.1 Å². The minimum Gasteiger partial charge on any atom is -0.305 e. The third kappa shape index (κ3) is 5.99. The number of benzene rings is 1. The first-order chi connectivity index (χ1) is 18.8. The summed E-state index contributed by atoms with van der Waals surface area (Å²) >= 11 is 2.21. The van der Waals surface area contributed by atoms with E-state index in [0.717, 1.165) is 46.6 Å². The van der Waals surface area contributed by atoms with E-state index < -0.39 is 15.9 Å². The zero-order valence-corrected chi connectivity index (χ0v) is 23.2. The molecule has 4 aromatic rings. The maximum atomic E-state index is 13.4. The zero-order valence-electron chi connectivity index (χ0n) is 20.8. The number of thioether (sulfide) groups is 1. The van der Waals surface area contributed by atoms with Gasteiger partial charge < -0.3 is 5.32 Å². The lowest BCUT2D eigenvalue weighted by Crippen LogP contribution is -2.22. The first-order valence-electron chi connectivity index (χ1n) is 12.0. The number of nitrogens with zero attached hydrogens (tertiary/aromatic N) is 6. The Bertz CT molecular complexity index is 1600. The van der Waals surface area contributed by atoms with Crippen LogP contribution in [0.1, 0.15) is 41.9 Å². The molecule has 202 valence electrons. The van der Waals surface area contributed by atoms with Crippen molar-refractivity contribution >= 4 is 55.6 Å². The molecule has 2 N–H and O–H groups in total. The number of rotatable bonds is 9. The predicted molar refractivity (Wildman–Crippen MR) is 146 cm³/mol. The molecule has 0 unspecified atom stereocenters. The lowest BCUT2D eigenvalue weighted by Gasteiger charge is -2.12. The second-order valence-corrected chi connectivity index (χ2v) is 12.9. The van der Waals surface area contributed by atoms with E-state index in [0.29, 0.717) is 0 Å². The molecule has 2 amide bonds. The number of thiazole rings is 1. The largest absolute Gasteiger partial charge is 0.325 e. The molecule has 1 aromatic carbocycles. The van der Waals surface area contributed by atoms with Crippen molar-refractivity contribution in [1.82, 2.24) is 30.2 Å². The maximum Gasteiger partial charge on any atom is 0.325 e. The van der Waals surface area contributed by atoms with Crippen LogP contribution in [0.15, 0.2) is 62.9 Å². The van der Waals surface area contributed by atoms with Crippen LogP contribution < -0.4 is 10.6 Å². The molecule has 3 aromatic heterocycles. The number of carbonyl (C=O) groups excluding carboxylic acids is 2. The second kappa shape index (κ2) is 11.6. The molecule has 1 aliphatic rings. The second-order valence-electron chi connectivity index (χ2n) is 8.77. The summed E-state index contributed by atoms with van der Waals surface area (Å²) in [6, 6.07) is 12.0. The molecule has 39 heavy (non-hydrogen) atoms. The minimum absolute atomic E-state index is 0.0671. The van der Waals surface area contributed by atoms with Gasteiger partial charge in [0.2, 0.25) is 0 Å². The first kappa shape index (κ1) is 26.9. The van der Waals surface area contributed by atoms with E-state index in [4.69, 9.17) is 0 Å². The van der Waals surface area contributed by atoms with Crippen LogP contribution in [0.4, 0.5) is 15.6 Å². The molecule has 15 heteroatoms. The van der Waals surface area contributed by atoms with Gasteiger partial charge in [0.1, 0.15) is 5.69 Å². The quantitative estimate of drug-likeness (QED) is 0.215. The number of aryl methyl sites for hydroxylation is 1. The van der Waals surface area contributed by atoms with Gasteiger partial charge in [0, 0.05) is 29.8 Å². The average Bonchev–Trinajstić information content (AvgIpc) is 3.70. The third-order valence-corrected chi connectivity index (χ3v) is 10.4. The van der Waals surface area contributed by atoms with E-state index in [9.17, 15) is 18.0 Å². The number of amides is 2. The maximum absolute atomic E-state index is 13.4. The molecule has 5 rings (SSSR count). The molecule has 0 bridgehead atoms. The highest BCUT2D eigenvalue weighted by atomic mass is 32.2. The van der Waals surface area contributed by atoms with Gasteiger partial charge in [-0.2, -0.15) is 0 Å². The summed E-state index contributed by atoms with van der Waals surface area (Å²) in [6.45, 7) is 0. The lowest BCUT2D eigenvalue weighted by atomic mass is 9.99. The highest BCUT2D eigenvalue weighted by Crippen LogP contribution is 2.35. The Labute approximate surface area is 232 Å². The standard InChI is InChI=1S/C24H24N8O4S3/c1-32-24(29-30-31-32)39(35,36)21-18(14-37-16-10-3-2-4-11-16)27-23(38-21)28-22(34)26-17-12-7-13-25-19(17)20(33)15-8-5-6-9-15/h2-4,7,10-13,15H,5-6,8-9,14H2,1H3,(H2,26,27,28,34). The Hall–Kier alpha value is -3.69. The summed E-state index contributed by atoms with van der Waals surface area (Å²) in [5.41, 5.74) is 0.739. The fourth-order valence-electron chi connectivity index (χ4n) is 4.23. The van der Waals surface area contributed by atoms with Crippen LogP contribution in [0.2, 0.25) is 0 Å². The number of ketones is 1. The van der Waals surface area contributed by atoms with Gasteiger partial charge in [0.05, 0.1) is 11.4 Å². The van der Waals surface area contributed by atoms with E-state index in [1.54, 1.807) is 12.1 Å². The van der Waals surface area contributed by atoms with Crippen molar-refractivity contribution in [3.63, 3.8) is 0 Å². The van der Waals surface area contributed by atoms with Crippen LogP contribution in [0.3, 0.4) is 0 Å². The fourth-order valence-corrected chi connectivity index (χ4v) is 8.00. The third-order valence-electron chi connectivity index (χ3n) is 6.08. The Kier molecular flexibility index (Phi) is 7.99. The van der Waals surface area contributed by atoms with Crippen molar-refractivity contribution in [1.29, 1.82) is 0 Å². The zero-order chi connectivity index (χ0) is 27.4. The molecular formula is C24H24N8O4S3. The van der Waals surface area contributed by atoms with Gasteiger partial charge in [0.25, 0.3) is 15.0 Å². The lowest BCUT2D eigenvalue weighted by molar-refractivity contribution is 0.0918. The van der Waals surface area contributed by atoms with Crippen LogP contribution in [-0.4, -0.2) is 50.4 Å². The van der Waals surface area contributed by atoms with Crippen LogP contribution in [0, 0.1) is 5.92 Å². The van der Waals surface area contributed by atoms with Gasteiger partial charge in [-0.15, -0.1) is 11.8 Å². The van der Waals surface area contributed by atoms with Gasteiger partial charge in [-0.05, 0) is 47.5 Å². The van der Waals surface area contributed by atoms with E-state index in [1.165, 1.54) is 25.0 Å². The number of anilines is 2. The van der Waals surface area contributed by atoms with E-state index in [1.807, 2.05) is 30.3 Å². The Morgan fingerprint density at radius 2 is 1.87 bits per heavy atom. The highest BCUT2D eigenvalue weighted by Gasteiger charge is 2.31. The molecule has 0 atom stereocenters. The molecule has 1 fully saturated rings. The number of Topliss-reactive ketones (excluding diaryl/α,β-unsaturated/α-hetero) is 1. The molecule has 0 radical (unpaired) electrons. The monoisotopic (exact) mass is 584 g/mol. The van der Waals surface area contributed by atoms with E-state index >= 15 is 0 Å². The number of tetrazole rings is 1. The van der Waals surface area contributed by atoms with Crippen molar-refractivity contribution in [2.24, 2.45) is 13.0 Å². The van der Waals surface area contributed by atoms with Gasteiger partial charge in [0.15, 0.2) is 15.1 Å². The summed E-state index contributed by atoms with van der Waals surface area (Å²) < 4.78 is 27.8. The molecule has 12 nitrogen and oxygen atoms in total. The van der Waals surface area contributed by atoms with Crippen LogP contribution in [-0.2, 0) is 22.6 Å². The van der Waals surface area contributed by atoms with E-state index in [2.05, 4.69) is 36.1 Å². The Morgan fingerprint density at radius 1 is 1.10 bits per heavy atom. The summed E-state index contributed by atoms with van der Waals surface area (Å²) in [6.07, 6.45) is 5.12. The normalized spacial score (nSPS) is 13.9. The SMILES string of the molecule is Cn1nnnc1S(=O)(=O)c1sc(NC(=O)Nc2cccnc2C(=O)C2CCCC2)nc1CSc1ccccc1. The summed E-state index contributed by atoms with van der Waals surface area (Å²) in [7, 11) is -2.69. The predicted octanol–water partition coefficient (Wildman–Crippen LogP) is 4.20. The number of pyridine rings is 1. The summed E-state index contributed by atoms with van der Waals surface area (Å²) in [5, 5.41) is 15.7. The number of aromatic nitrogens is 6. The van der Waals surface area contributed by atoms with Crippen molar-refractivity contribution < 1.29 is 18.0 Å². The van der Waals surface area contributed by atoms with Crippen LogP contribution in [0.25, 0.3) is 0 Å². The number of hydrogen-bond acceptors (Lipinski definition) is 11. The number of hydrogen-bond donors (Lipinski definition) is 2. The molecule has 0 aliphatic heterocycles. The highest BCUT2D eigenvalue weighted by molar-refractivity contribution is 7.98. The number of urea groups is 1. The molecule has 0 saturated heterocycles. The summed E-state index contributed by atoms with van der Waals surface area (Å²) in [5.74, 6) is 0.0327. The van der Waals surface area contributed by atoms with Gasteiger partial charge in [-0.25, -0.2) is 22.9 Å². The molecule has 1 saturated carbocycles. The van der Waals surface area contributed by atoms with Crippen molar-refractivity contribution in [2.75, 3.05) is 10.6 Å². The molecule has 1 aliphatic carbocycles. The summed E-state index contributed by atoms with van der Waals surface area (Å²) in [4.78, 5) is 35.5. The topological polar surface area (TPSA) is 162 Å². The van der Waals surface area contributed by atoms with Crippen molar-refractivity contribution in [2.45, 2.75) is 45.7 Å². The number of sulfone groups is 1. The Balaban J connectivity index is 1.39. The van der Waals surface area contributed by atoms with Crippen molar-refractivity contribution in [3.8, 4) is 0 Å². The minimum atomic E-state index is -4.12. The first-order valence-corrected chi connectivity index (χ1v) is 15.3. The van der Waals surface area contributed by atoms with E-state index in [-0.39, 0.29) is 49.0 Å². The smallest absolute Gasteiger partial charge is 0.305 e. The fraction of sp³-hybridized carbons (Fsp3) is 0.292. The molecule has 3 heterocycles. The number of nitrogens with one attached hydrogen (secondary N) is 2. The molecule has 0 spiro atoms. The van der Waals surface area contributed by atoms with Gasteiger partial charge in [-0.3, -0.25) is 15.1 Å². The number of carbonyl (C=O) groups is 2. The molecular weight excluding hydrogens is 561 g/mol. The van der Waals surface area contributed by atoms with Crippen molar-refractivity contribution in [3.05, 3.63) is 60.0 Å². The average molecular weight is 585 g/mol. The van der Waals surface area contributed by atoms with Gasteiger partial charge >= 0.3 is 6.03 Å². The Morgan fingerprint density at radius 3 is 2.59 bits per heavy atom. The van der Waals surface area contributed by atoms with Crippen LogP contribution in [0.5, 0.6) is 0 Å².